The summed E-state index contributed by atoms with van der Waals surface area (Å²) in [7, 11) is 2.16. The lowest BCUT2D eigenvalue weighted by Gasteiger charge is -2.17. The van der Waals surface area contributed by atoms with Crippen LogP contribution in [-0.4, -0.2) is 28.0 Å². The van der Waals surface area contributed by atoms with E-state index < -0.39 is 0 Å². The lowest BCUT2D eigenvalue weighted by molar-refractivity contribution is 0.313. The summed E-state index contributed by atoms with van der Waals surface area (Å²) in [4.78, 5) is 6.52. The summed E-state index contributed by atoms with van der Waals surface area (Å²) < 4.78 is 2.15. The van der Waals surface area contributed by atoms with Crippen LogP contribution in [0.1, 0.15) is 30.6 Å². The van der Waals surface area contributed by atoms with Gasteiger partial charge in [0.25, 0.3) is 0 Å². The monoisotopic (exact) mass is 272 g/mol. The van der Waals surface area contributed by atoms with Crippen LogP contribution in [0.2, 0.25) is 0 Å². The third-order valence-corrected chi connectivity index (χ3v) is 3.45. The Kier molecular flexibility index (Phi) is 5.32. The predicted octanol–water partition coefficient (Wildman–Crippen LogP) is 2.42. The van der Waals surface area contributed by atoms with Gasteiger partial charge in [0.15, 0.2) is 0 Å². The Labute approximate surface area is 121 Å². The quantitative estimate of drug-likeness (QED) is 0.842. The topological polar surface area (TPSA) is 47.1 Å². The van der Waals surface area contributed by atoms with Crippen molar-refractivity contribution in [3.63, 3.8) is 0 Å². The van der Waals surface area contributed by atoms with Crippen LogP contribution in [0, 0.1) is 0 Å². The van der Waals surface area contributed by atoms with Gasteiger partial charge >= 0.3 is 0 Å². The normalized spacial score (nSPS) is 12.8. The maximum atomic E-state index is 5.92. The third-order valence-electron chi connectivity index (χ3n) is 3.45. The number of imidazole rings is 1. The van der Waals surface area contributed by atoms with Gasteiger partial charge in [-0.2, -0.15) is 0 Å². The van der Waals surface area contributed by atoms with Gasteiger partial charge < -0.3 is 15.2 Å². The minimum absolute atomic E-state index is 0.0412. The lowest BCUT2D eigenvalue weighted by Crippen LogP contribution is -2.21. The number of hydrogen-bond acceptors (Lipinski definition) is 3. The van der Waals surface area contributed by atoms with E-state index in [2.05, 4.69) is 51.8 Å². The van der Waals surface area contributed by atoms with Crippen LogP contribution >= 0.6 is 0 Å². The van der Waals surface area contributed by atoms with Crippen molar-refractivity contribution in [3.05, 3.63) is 54.1 Å². The molecule has 0 aliphatic rings. The average Bonchev–Trinajstić information content (AvgIpc) is 2.88. The zero-order valence-electron chi connectivity index (χ0n) is 12.4. The maximum absolute atomic E-state index is 5.92. The molecule has 0 bridgehead atoms. The third kappa shape index (κ3) is 4.18. The number of benzene rings is 1. The van der Waals surface area contributed by atoms with Crippen molar-refractivity contribution in [2.45, 2.75) is 32.5 Å². The molecule has 2 N–H and O–H groups in total. The fraction of sp³-hybridized carbons (Fsp3) is 0.438. The molecule has 0 unspecified atom stereocenters. The number of rotatable bonds is 7. The molecular weight excluding hydrogens is 248 g/mol. The predicted molar refractivity (Wildman–Crippen MR) is 82.2 cm³/mol. The van der Waals surface area contributed by atoms with Gasteiger partial charge in [-0.1, -0.05) is 30.3 Å². The van der Waals surface area contributed by atoms with Gasteiger partial charge in [-0.3, -0.25) is 0 Å². The van der Waals surface area contributed by atoms with Crippen LogP contribution in [-0.2, 0) is 13.1 Å². The van der Waals surface area contributed by atoms with Crippen molar-refractivity contribution in [1.82, 2.24) is 14.5 Å². The standard InChI is InChI=1S/C16H24N4/c1-14(17)16-11-18-13-20(16)10-6-9-19(2)12-15-7-4-3-5-8-15/h3-5,7-8,11,13-14H,6,9-10,12,17H2,1-2H3/t14-/m0/s1. The molecule has 108 valence electrons. The van der Waals surface area contributed by atoms with E-state index in [0.717, 1.165) is 31.7 Å². The molecule has 1 aromatic carbocycles. The van der Waals surface area contributed by atoms with Gasteiger partial charge in [0.1, 0.15) is 0 Å². The summed E-state index contributed by atoms with van der Waals surface area (Å²) in [5.74, 6) is 0. The van der Waals surface area contributed by atoms with Crippen LogP contribution in [0.25, 0.3) is 0 Å². The SMILES string of the molecule is C[C@H](N)c1cncn1CCCN(C)Cc1ccccc1. The molecule has 0 aliphatic heterocycles. The molecular formula is C16H24N4. The summed E-state index contributed by atoms with van der Waals surface area (Å²) in [5.41, 5.74) is 8.38. The summed E-state index contributed by atoms with van der Waals surface area (Å²) in [5, 5.41) is 0. The highest BCUT2D eigenvalue weighted by atomic mass is 15.1. The molecule has 0 fully saturated rings. The molecule has 0 saturated carbocycles. The summed E-state index contributed by atoms with van der Waals surface area (Å²) in [6, 6.07) is 10.6. The second kappa shape index (κ2) is 7.22. The number of aryl methyl sites for hydroxylation is 1. The van der Waals surface area contributed by atoms with Crippen molar-refractivity contribution in [2.75, 3.05) is 13.6 Å². The zero-order valence-corrected chi connectivity index (χ0v) is 12.4. The Balaban J connectivity index is 1.76. The molecule has 1 atom stereocenters. The van der Waals surface area contributed by atoms with E-state index in [1.807, 2.05) is 19.4 Å². The van der Waals surface area contributed by atoms with E-state index in [9.17, 15) is 0 Å². The van der Waals surface area contributed by atoms with E-state index in [0.29, 0.717) is 0 Å². The van der Waals surface area contributed by atoms with Crippen molar-refractivity contribution in [1.29, 1.82) is 0 Å². The maximum Gasteiger partial charge on any atom is 0.0948 e. The number of nitrogens with two attached hydrogens (primary N) is 1. The smallest absolute Gasteiger partial charge is 0.0948 e. The Hall–Kier alpha value is -1.65. The lowest BCUT2D eigenvalue weighted by atomic mass is 10.2. The summed E-state index contributed by atoms with van der Waals surface area (Å²) in [6.45, 7) is 5.02. The Bertz CT molecular complexity index is 504. The fourth-order valence-corrected chi connectivity index (χ4v) is 2.38. The molecule has 0 amide bonds. The minimum atomic E-state index is 0.0412. The van der Waals surface area contributed by atoms with E-state index in [1.165, 1.54) is 5.56 Å². The van der Waals surface area contributed by atoms with Gasteiger partial charge in [-0.15, -0.1) is 0 Å². The highest BCUT2D eigenvalue weighted by Crippen LogP contribution is 2.09. The van der Waals surface area contributed by atoms with Crippen molar-refractivity contribution in [3.8, 4) is 0 Å². The van der Waals surface area contributed by atoms with E-state index in [4.69, 9.17) is 5.73 Å². The minimum Gasteiger partial charge on any atom is -0.333 e. The highest BCUT2D eigenvalue weighted by molar-refractivity contribution is 5.14. The van der Waals surface area contributed by atoms with Crippen molar-refractivity contribution in [2.24, 2.45) is 5.73 Å². The highest BCUT2D eigenvalue weighted by Gasteiger charge is 2.06. The first-order chi connectivity index (χ1) is 9.66. The van der Waals surface area contributed by atoms with Gasteiger partial charge in [0.05, 0.1) is 12.0 Å². The first kappa shape index (κ1) is 14.8. The molecule has 2 aromatic rings. The second-order valence-electron chi connectivity index (χ2n) is 5.38. The Morgan fingerprint density at radius 2 is 2.05 bits per heavy atom. The molecule has 0 spiro atoms. The van der Waals surface area contributed by atoms with E-state index in [1.54, 1.807) is 0 Å². The van der Waals surface area contributed by atoms with Crippen molar-refractivity contribution < 1.29 is 0 Å². The van der Waals surface area contributed by atoms with Crippen LogP contribution < -0.4 is 5.73 Å². The first-order valence-electron chi connectivity index (χ1n) is 7.15. The Morgan fingerprint density at radius 1 is 1.30 bits per heavy atom. The molecule has 1 aromatic heterocycles. The zero-order chi connectivity index (χ0) is 14.4. The molecule has 2 rings (SSSR count). The molecule has 0 radical (unpaired) electrons. The largest absolute Gasteiger partial charge is 0.333 e. The van der Waals surface area contributed by atoms with Gasteiger partial charge in [-0.25, -0.2) is 4.98 Å². The van der Waals surface area contributed by atoms with E-state index >= 15 is 0 Å². The van der Waals surface area contributed by atoms with Crippen LogP contribution in [0.5, 0.6) is 0 Å². The average molecular weight is 272 g/mol. The van der Waals surface area contributed by atoms with Crippen LogP contribution in [0.15, 0.2) is 42.9 Å². The number of nitrogens with zero attached hydrogens (tertiary/aromatic N) is 3. The molecule has 20 heavy (non-hydrogen) atoms. The van der Waals surface area contributed by atoms with Gasteiger partial charge in [0.2, 0.25) is 0 Å². The number of hydrogen-bond donors (Lipinski definition) is 1. The molecule has 0 saturated heterocycles. The molecule has 1 heterocycles. The molecule has 4 nitrogen and oxygen atoms in total. The fourth-order valence-electron chi connectivity index (χ4n) is 2.38. The van der Waals surface area contributed by atoms with Crippen molar-refractivity contribution >= 4 is 0 Å². The van der Waals surface area contributed by atoms with Gasteiger partial charge in [0, 0.05) is 25.3 Å². The van der Waals surface area contributed by atoms with Crippen LogP contribution in [0.3, 0.4) is 0 Å². The van der Waals surface area contributed by atoms with Crippen LogP contribution in [0.4, 0.5) is 0 Å². The first-order valence-corrected chi connectivity index (χ1v) is 7.15. The second-order valence-corrected chi connectivity index (χ2v) is 5.38. The summed E-state index contributed by atoms with van der Waals surface area (Å²) in [6.07, 6.45) is 4.83. The van der Waals surface area contributed by atoms with Gasteiger partial charge in [-0.05, 0) is 32.5 Å². The number of aromatic nitrogens is 2. The Morgan fingerprint density at radius 3 is 2.75 bits per heavy atom. The molecule has 0 aliphatic carbocycles. The van der Waals surface area contributed by atoms with E-state index in [-0.39, 0.29) is 6.04 Å². The summed E-state index contributed by atoms with van der Waals surface area (Å²) >= 11 is 0. The molecule has 4 heteroatoms.